The number of fused-ring (bicyclic) bond motifs is 1. The molecule has 2 aromatic carbocycles. The van der Waals surface area contributed by atoms with Gasteiger partial charge in [0.15, 0.2) is 11.8 Å². The van der Waals surface area contributed by atoms with E-state index in [0.717, 1.165) is 11.1 Å². The number of benzene rings is 2. The Morgan fingerprint density at radius 1 is 1.08 bits per heavy atom. The molecule has 2 aliphatic heterocycles. The molecule has 2 aliphatic rings. The Bertz CT molecular complexity index is 1670. The maximum absolute atomic E-state index is 13.9. The third kappa shape index (κ3) is 7.68. The number of oxime groups is 1. The monoisotopic (exact) mass is 671 g/mol. The molecule has 0 bridgehead atoms. The van der Waals surface area contributed by atoms with Crippen LogP contribution < -0.4 is 11.1 Å². The fourth-order valence-corrected chi connectivity index (χ4v) is 6.78. The van der Waals surface area contributed by atoms with Gasteiger partial charge in [-0.2, -0.15) is 0 Å². The van der Waals surface area contributed by atoms with Crippen molar-refractivity contribution in [2.24, 2.45) is 10.6 Å². The van der Waals surface area contributed by atoms with Crippen LogP contribution in [0.3, 0.4) is 0 Å². The van der Waals surface area contributed by atoms with Crippen LogP contribution in [-0.4, -0.2) is 75.3 Å². The highest BCUT2D eigenvalue weighted by Crippen LogP contribution is 2.44. The lowest BCUT2D eigenvalue weighted by atomic mass is 9.87. The van der Waals surface area contributed by atoms with Crippen molar-refractivity contribution in [3.8, 4) is 0 Å². The quantitative estimate of drug-likeness (QED) is 0.101. The van der Waals surface area contributed by atoms with Crippen LogP contribution in [0.2, 0.25) is 0 Å². The summed E-state index contributed by atoms with van der Waals surface area (Å²) in [5.74, 6) is -1.95. The summed E-state index contributed by atoms with van der Waals surface area (Å²) in [5.41, 5.74) is 5.32. The number of carbonyl (C=O) groups is 4. The molecular formula is C35H37N5O7S. The molecule has 0 spiro atoms. The molecule has 3 atom stereocenters. The molecule has 0 radical (unpaired) electrons. The molecule has 2 amide bonds. The summed E-state index contributed by atoms with van der Waals surface area (Å²) >= 11 is 1.33. The highest BCUT2D eigenvalue weighted by molar-refractivity contribution is 8.00. The Morgan fingerprint density at radius 3 is 2.31 bits per heavy atom. The minimum atomic E-state index is -1.18. The lowest BCUT2D eigenvalue weighted by Crippen LogP contribution is -2.73. The number of nitrogens with zero attached hydrogens (tertiary/aromatic N) is 3. The molecule has 13 heteroatoms. The Morgan fingerprint density at radius 2 is 1.73 bits per heavy atom. The predicted octanol–water partition coefficient (Wildman–Crippen LogP) is 3.63. The van der Waals surface area contributed by atoms with Gasteiger partial charge in [0.25, 0.3) is 5.91 Å². The van der Waals surface area contributed by atoms with Crippen LogP contribution in [0.5, 0.6) is 0 Å². The largest absolute Gasteiger partial charge is 0.457 e. The van der Waals surface area contributed by atoms with Crippen LogP contribution in [0.4, 0.5) is 5.82 Å². The van der Waals surface area contributed by atoms with Gasteiger partial charge in [0, 0.05) is 12.3 Å². The van der Waals surface area contributed by atoms with Crippen molar-refractivity contribution in [3.05, 3.63) is 108 Å². The van der Waals surface area contributed by atoms with Crippen LogP contribution in [0.1, 0.15) is 43.7 Å². The number of nitrogens with one attached hydrogen (secondary N) is 1. The topological polar surface area (TPSA) is 163 Å². The lowest BCUT2D eigenvalue weighted by Gasteiger charge is -2.53. The Labute approximate surface area is 282 Å². The predicted molar refractivity (Wildman–Crippen MR) is 180 cm³/mol. The minimum absolute atomic E-state index is 0.0330. The molecule has 3 N–H and O–H groups in total. The number of hydrogen-bond acceptors (Lipinski definition) is 11. The van der Waals surface area contributed by atoms with Gasteiger partial charge in [0.05, 0.1) is 0 Å². The fraction of sp³-hybridized carbons (Fsp3) is 0.314. The summed E-state index contributed by atoms with van der Waals surface area (Å²) in [6.45, 7) is 8.53. The van der Waals surface area contributed by atoms with Gasteiger partial charge in [-0.15, -0.1) is 18.3 Å². The Balaban J connectivity index is 1.28. The third-order valence-electron chi connectivity index (χ3n) is 7.61. The van der Waals surface area contributed by atoms with E-state index in [0.29, 0.717) is 0 Å². The zero-order chi connectivity index (χ0) is 34.5. The van der Waals surface area contributed by atoms with Crippen LogP contribution >= 0.6 is 11.8 Å². The number of pyridine rings is 1. The van der Waals surface area contributed by atoms with E-state index in [9.17, 15) is 19.2 Å². The number of β-lactam (4-membered cyclic amide) rings is 1. The molecule has 250 valence electrons. The standard InChI is InChI=1S/C35H37N5O7S/c1-5-35(33(44)46-29(22-13-8-6-9-14-22)23-15-10-7-11-16-23)20-40-31(43)28(32(40)48-21-35)38-30(42)27(24-17-12-18-25(36)37-24)39-45-19-26(41)47-34(2,3)4/h5-18,28-29,32H,1,19-21H2,2-4H3,(H2,36,37)(H,38,42)/t28?,32-,35?/m1/s1. The van der Waals surface area contributed by atoms with Crippen molar-refractivity contribution in [1.29, 1.82) is 0 Å². The van der Waals surface area contributed by atoms with Gasteiger partial charge in [0.1, 0.15) is 33.9 Å². The summed E-state index contributed by atoms with van der Waals surface area (Å²) < 4.78 is 11.4. The fourth-order valence-electron chi connectivity index (χ4n) is 5.25. The number of carbonyl (C=O) groups excluding carboxylic acids is 4. The SMILES string of the molecule is C=CC1(C(=O)OC(c2ccccc2)c2ccccc2)CS[C@@H]2C(NC(=O)C(=NOCC(=O)OC(C)(C)C)c3cccc(N)n3)C(=O)N2C1. The van der Waals surface area contributed by atoms with Gasteiger partial charge in [-0.25, -0.2) is 9.78 Å². The summed E-state index contributed by atoms with van der Waals surface area (Å²) in [5, 5.41) is 6.11. The van der Waals surface area contributed by atoms with E-state index >= 15 is 0 Å². The summed E-state index contributed by atoms with van der Waals surface area (Å²) in [6, 6.07) is 22.5. The average molecular weight is 672 g/mol. The zero-order valence-electron chi connectivity index (χ0n) is 26.8. The maximum atomic E-state index is 13.9. The molecule has 0 saturated carbocycles. The van der Waals surface area contributed by atoms with E-state index in [1.54, 1.807) is 26.8 Å². The molecular weight excluding hydrogens is 634 g/mol. The Hall–Kier alpha value is -5.17. The van der Waals surface area contributed by atoms with E-state index < -0.39 is 58.9 Å². The number of anilines is 1. The maximum Gasteiger partial charge on any atom is 0.347 e. The van der Waals surface area contributed by atoms with Gasteiger partial charge in [-0.1, -0.05) is 78.0 Å². The second kappa shape index (κ2) is 14.3. The first-order valence-electron chi connectivity index (χ1n) is 15.2. The van der Waals surface area contributed by atoms with Crippen LogP contribution in [0.25, 0.3) is 0 Å². The van der Waals surface area contributed by atoms with Crippen molar-refractivity contribution in [1.82, 2.24) is 15.2 Å². The number of hydrogen-bond donors (Lipinski definition) is 2. The number of esters is 2. The van der Waals surface area contributed by atoms with Gasteiger partial charge in [-0.3, -0.25) is 14.4 Å². The van der Waals surface area contributed by atoms with Crippen LogP contribution in [0.15, 0.2) is 96.7 Å². The minimum Gasteiger partial charge on any atom is -0.457 e. The Kier molecular flexibility index (Phi) is 10.2. The molecule has 2 saturated heterocycles. The van der Waals surface area contributed by atoms with E-state index in [-0.39, 0.29) is 29.5 Å². The van der Waals surface area contributed by atoms with E-state index in [1.807, 2.05) is 60.7 Å². The molecule has 48 heavy (non-hydrogen) atoms. The van der Waals surface area contributed by atoms with E-state index in [4.69, 9.17) is 20.0 Å². The van der Waals surface area contributed by atoms with Crippen molar-refractivity contribution in [2.75, 3.05) is 24.6 Å². The number of rotatable bonds is 11. The average Bonchev–Trinajstić information content (AvgIpc) is 3.07. The van der Waals surface area contributed by atoms with Crippen molar-refractivity contribution in [3.63, 3.8) is 0 Å². The van der Waals surface area contributed by atoms with E-state index in [1.165, 1.54) is 34.9 Å². The third-order valence-corrected chi connectivity index (χ3v) is 9.16. The van der Waals surface area contributed by atoms with E-state index in [2.05, 4.69) is 22.0 Å². The number of thioether (sulfide) groups is 1. The second-order valence-electron chi connectivity index (χ2n) is 12.3. The van der Waals surface area contributed by atoms with Gasteiger partial charge < -0.3 is 30.3 Å². The number of amides is 2. The molecule has 0 aliphatic carbocycles. The van der Waals surface area contributed by atoms with Crippen molar-refractivity contribution < 1.29 is 33.5 Å². The highest BCUT2D eigenvalue weighted by atomic mass is 32.2. The normalized spacial score (nSPS) is 20.6. The number of nitrogen functional groups attached to an aromatic ring is 1. The van der Waals surface area contributed by atoms with Gasteiger partial charge in [-0.05, 0) is 44.0 Å². The number of ether oxygens (including phenoxy) is 2. The molecule has 3 aromatic rings. The molecule has 2 unspecified atom stereocenters. The lowest BCUT2D eigenvalue weighted by molar-refractivity contribution is -0.162. The molecule has 5 rings (SSSR count). The molecule has 2 fully saturated rings. The number of aromatic nitrogens is 1. The molecule has 3 heterocycles. The molecule has 1 aromatic heterocycles. The first-order valence-corrected chi connectivity index (χ1v) is 16.3. The summed E-state index contributed by atoms with van der Waals surface area (Å²) in [6.07, 6.45) is 0.873. The zero-order valence-corrected chi connectivity index (χ0v) is 27.6. The van der Waals surface area contributed by atoms with Crippen molar-refractivity contribution >= 4 is 47.0 Å². The van der Waals surface area contributed by atoms with Crippen LogP contribution in [-0.2, 0) is 33.5 Å². The molecule has 12 nitrogen and oxygen atoms in total. The highest BCUT2D eigenvalue weighted by Gasteiger charge is 2.57. The first-order chi connectivity index (χ1) is 22.9. The van der Waals surface area contributed by atoms with Crippen LogP contribution in [0, 0.1) is 5.41 Å². The number of nitrogens with two attached hydrogens (primary N) is 1. The summed E-state index contributed by atoms with van der Waals surface area (Å²) in [4.78, 5) is 63.7. The first kappa shape index (κ1) is 34.2. The van der Waals surface area contributed by atoms with Crippen molar-refractivity contribution in [2.45, 2.75) is 43.9 Å². The smallest absolute Gasteiger partial charge is 0.347 e. The second-order valence-corrected chi connectivity index (χ2v) is 13.4. The summed E-state index contributed by atoms with van der Waals surface area (Å²) in [7, 11) is 0. The van der Waals surface area contributed by atoms with Gasteiger partial charge >= 0.3 is 11.9 Å². The van der Waals surface area contributed by atoms with Gasteiger partial charge in [0.2, 0.25) is 12.5 Å².